The monoisotopic (exact) mass is 219 g/mol. The third-order valence-electron chi connectivity index (χ3n) is 3.45. The lowest BCUT2D eigenvalue weighted by Crippen LogP contribution is -2.33. The van der Waals surface area contributed by atoms with E-state index < -0.39 is 0 Å². The Kier molecular flexibility index (Phi) is 4.37. The number of nitrogens with two attached hydrogens (primary N) is 1. The lowest BCUT2D eigenvalue weighted by molar-refractivity contribution is -0.0183. The normalized spacial score (nSPS) is 25.6. The summed E-state index contributed by atoms with van der Waals surface area (Å²) >= 11 is 0. The van der Waals surface area contributed by atoms with Gasteiger partial charge in [-0.3, -0.25) is 0 Å². The van der Waals surface area contributed by atoms with Gasteiger partial charge in [0.1, 0.15) is 0 Å². The number of rotatable bonds is 4. The van der Waals surface area contributed by atoms with E-state index in [9.17, 15) is 0 Å². The number of hydrogen-bond donors (Lipinski definition) is 1. The zero-order chi connectivity index (χ0) is 11.2. The number of benzene rings is 1. The molecule has 0 amide bonds. The minimum absolute atomic E-state index is 0.374. The van der Waals surface area contributed by atoms with Gasteiger partial charge in [0.05, 0.1) is 12.7 Å². The largest absolute Gasteiger partial charge is 0.373 e. The molecule has 0 aromatic heterocycles. The van der Waals surface area contributed by atoms with E-state index in [1.54, 1.807) is 0 Å². The molecule has 2 atom stereocenters. The third kappa shape index (κ3) is 3.06. The van der Waals surface area contributed by atoms with Crippen molar-refractivity contribution in [3.8, 4) is 0 Å². The Morgan fingerprint density at radius 3 is 2.62 bits per heavy atom. The summed E-state index contributed by atoms with van der Waals surface area (Å²) in [4.78, 5) is 0. The van der Waals surface area contributed by atoms with Crippen LogP contribution in [0.2, 0.25) is 0 Å². The summed E-state index contributed by atoms with van der Waals surface area (Å²) in [6, 6.07) is 10.4. The zero-order valence-corrected chi connectivity index (χ0v) is 9.77. The van der Waals surface area contributed by atoms with E-state index in [1.165, 1.54) is 31.2 Å². The maximum Gasteiger partial charge on any atom is 0.0720 e. The van der Waals surface area contributed by atoms with E-state index in [-0.39, 0.29) is 0 Å². The minimum Gasteiger partial charge on any atom is -0.373 e. The molecule has 16 heavy (non-hydrogen) atoms. The molecule has 1 aliphatic rings. The third-order valence-corrected chi connectivity index (χ3v) is 3.45. The van der Waals surface area contributed by atoms with E-state index in [1.807, 2.05) is 6.07 Å². The molecule has 2 unspecified atom stereocenters. The van der Waals surface area contributed by atoms with Crippen molar-refractivity contribution in [1.29, 1.82) is 0 Å². The van der Waals surface area contributed by atoms with E-state index in [2.05, 4.69) is 24.3 Å². The number of hydrogen-bond acceptors (Lipinski definition) is 2. The van der Waals surface area contributed by atoms with Crippen LogP contribution in [0, 0.1) is 5.92 Å². The SMILES string of the molecule is NCC1CCCCC1OCc1ccccc1. The maximum atomic E-state index is 5.99. The maximum absolute atomic E-state index is 5.99. The highest BCUT2D eigenvalue weighted by atomic mass is 16.5. The number of ether oxygens (including phenoxy) is 1. The van der Waals surface area contributed by atoms with Gasteiger partial charge in [0.2, 0.25) is 0 Å². The van der Waals surface area contributed by atoms with Crippen molar-refractivity contribution in [1.82, 2.24) is 0 Å². The molecule has 1 aliphatic carbocycles. The van der Waals surface area contributed by atoms with Crippen LogP contribution >= 0.6 is 0 Å². The summed E-state index contributed by atoms with van der Waals surface area (Å²) in [6.45, 7) is 1.49. The van der Waals surface area contributed by atoms with Gasteiger partial charge < -0.3 is 10.5 Å². The van der Waals surface area contributed by atoms with Gasteiger partial charge in [-0.2, -0.15) is 0 Å². The standard InChI is InChI=1S/C14H21NO/c15-10-13-8-4-5-9-14(13)16-11-12-6-2-1-3-7-12/h1-3,6-7,13-14H,4-5,8-11,15H2. The molecule has 1 fully saturated rings. The molecule has 88 valence electrons. The molecule has 1 aromatic carbocycles. The average Bonchev–Trinajstić information content (AvgIpc) is 2.38. The van der Waals surface area contributed by atoms with Crippen molar-refractivity contribution in [2.75, 3.05) is 6.54 Å². The summed E-state index contributed by atoms with van der Waals surface area (Å²) in [5.74, 6) is 0.567. The van der Waals surface area contributed by atoms with E-state index >= 15 is 0 Å². The minimum atomic E-state index is 0.374. The lowest BCUT2D eigenvalue weighted by Gasteiger charge is -2.30. The Balaban J connectivity index is 1.84. The van der Waals surface area contributed by atoms with Crippen molar-refractivity contribution in [2.24, 2.45) is 11.7 Å². The molecule has 1 saturated carbocycles. The molecule has 2 rings (SSSR count). The molecule has 0 bridgehead atoms. The van der Waals surface area contributed by atoms with Gasteiger partial charge in [0.15, 0.2) is 0 Å². The molecule has 0 saturated heterocycles. The van der Waals surface area contributed by atoms with Crippen molar-refractivity contribution in [3.05, 3.63) is 35.9 Å². The van der Waals surface area contributed by atoms with Crippen molar-refractivity contribution in [2.45, 2.75) is 38.4 Å². The van der Waals surface area contributed by atoms with Crippen LogP contribution in [-0.4, -0.2) is 12.6 Å². The molecule has 0 heterocycles. The first-order valence-corrected chi connectivity index (χ1v) is 6.25. The molecule has 0 aliphatic heterocycles. The van der Waals surface area contributed by atoms with Gasteiger partial charge in [-0.1, -0.05) is 43.2 Å². The smallest absolute Gasteiger partial charge is 0.0720 e. The predicted octanol–water partition coefficient (Wildman–Crippen LogP) is 2.72. The second-order valence-corrected chi connectivity index (χ2v) is 4.62. The summed E-state index contributed by atoms with van der Waals surface area (Å²) in [7, 11) is 0. The average molecular weight is 219 g/mol. The van der Waals surface area contributed by atoms with Crippen LogP contribution in [0.15, 0.2) is 30.3 Å². The summed E-state index contributed by atoms with van der Waals surface area (Å²) < 4.78 is 5.99. The fourth-order valence-corrected chi connectivity index (χ4v) is 2.44. The quantitative estimate of drug-likeness (QED) is 0.845. The van der Waals surface area contributed by atoms with Crippen LogP contribution in [0.4, 0.5) is 0 Å². The molecule has 0 radical (unpaired) electrons. The van der Waals surface area contributed by atoms with Crippen molar-refractivity contribution >= 4 is 0 Å². The fraction of sp³-hybridized carbons (Fsp3) is 0.571. The first-order chi connectivity index (χ1) is 7.90. The zero-order valence-electron chi connectivity index (χ0n) is 9.77. The topological polar surface area (TPSA) is 35.2 Å². The van der Waals surface area contributed by atoms with Crippen LogP contribution in [0.1, 0.15) is 31.2 Å². The fourth-order valence-electron chi connectivity index (χ4n) is 2.44. The Morgan fingerprint density at radius 1 is 1.12 bits per heavy atom. The summed E-state index contributed by atoms with van der Waals surface area (Å²) in [5.41, 5.74) is 7.04. The van der Waals surface area contributed by atoms with Crippen LogP contribution in [0.3, 0.4) is 0 Å². The van der Waals surface area contributed by atoms with Crippen LogP contribution in [-0.2, 0) is 11.3 Å². The highest BCUT2D eigenvalue weighted by Gasteiger charge is 2.24. The van der Waals surface area contributed by atoms with Gasteiger partial charge in [-0.25, -0.2) is 0 Å². The van der Waals surface area contributed by atoms with Crippen LogP contribution < -0.4 is 5.73 Å². The van der Waals surface area contributed by atoms with Gasteiger partial charge in [0.25, 0.3) is 0 Å². The molecule has 1 aromatic rings. The summed E-state index contributed by atoms with van der Waals surface area (Å²) in [5, 5.41) is 0. The first kappa shape index (κ1) is 11.6. The Labute approximate surface area is 97.8 Å². The highest BCUT2D eigenvalue weighted by Crippen LogP contribution is 2.26. The Morgan fingerprint density at radius 2 is 1.88 bits per heavy atom. The molecular weight excluding hydrogens is 198 g/mol. The second-order valence-electron chi connectivity index (χ2n) is 4.62. The van der Waals surface area contributed by atoms with Crippen molar-refractivity contribution in [3.63, 3.8) is 0 Å². The van der Waals surface area contributed by atoms with Crippen LogP contribution in [0.25, 0.3) is 0 Å². The van der Waals surface area contributed by atoms with Gasteiger partial charge in [-0.05, 0) is 30.9 Å². The predicted molar refractivity (Wildman–Crippen MR) is 66.0 cm³/mol. The first-order valence-electron chi connectivity index (χ1n) is 6.25. The lowest BCUT2D eigenvalue weighted by atomic mass is 9.86. The second kappa shape index (κ2) is 6.02. The van der Waals surface area contributed by atoms with Crippen molar-refractivity contribution < 1.29 is 4.74 Å². The van der Waals surface area contributed by atoms with E-state index in [0.29, 0.717) is 12.0 Å². The molecule has 2 N–H and O–H groups in total. The van der Waals surface area contributed by atoms with Crippen LogP contribution in [0.5, 0.6) is 0 Å². The van der Waals surface area contributed by atoms with E-state index in [4.69, 9.17) is 10.5 Å². The van der Waals surface area contributed by atoms with Gasteiger partial charge in [0, 0.05) is 0 Å². The molecule has 2 heteroatoms. The highest BCUT2D eigenvalue weighted by molar-refractivity contribution is 5.13. The van der Waals surface area contributed by atoms with Gasteiger partial charge in [-0.15, -0.1) is 0 Å². The van der Waals surface area contributed by atoms with Gasteiger partial charge >= 0.3 is 0 Å². The van der Waals surface area contributed by atoms with E-state index in [0.717, 1.165) is 13.2 Å². The molecule has 0 spiro atoms. The summed E-state index contributed by atoms with van der Waals surface area (Å²) in [6.07, 6.45) is 5.38. The Hall–Kier alpha value is -0.860. The molecule has 2 nitrogen and oxygen atoms in total. The Bertz CT molecular complexity index is 299. The molecular formula is C14H21NO.